The molecule has 1 aromatic carbocycles. The molecule has 1 N–H and O–H groups in total. The van der Waals surface area contributed by atoms with Crippen molar-refractivity contribution in [3.05, 3.63) is 63.4 Å². The molecular formula is C19H17N3O6. The van der Waals surface area contributed by atoms with Crippen LogP contribution in [0.5, 0.6) is 0 Å². The molecule has 0 spiro atoms. The van der Waals surface area contributed by atoms with Crippen LogP contribution in [0.1, 0.15) is 37.5 Å². The molecular weight excluding hydrogens is 366 g/mol. The van der Waals surface area contributed by atoms with Gasteiger partial charge in [0, 0.05) is 0 Å². The second-order valence-electron chi connectivity index (χ2n) is 6.29. The third-order valence-electron chi connectivity index (χ3n) is 4.51. The maximum Gasteiger partial charge on any atom is 0.433 e. The van der Waals surface area contributed by atoms with E-state index in [1.54, 1.807) is 12.1 Å². The molecule has 0 aliphatic carbocycles. The molecule has 0 saturated carbocycles. The molecule has 9 heteroatoms. The van der Waals surface area contributed by atoms with Crippen molar-refractivity contribution < 1.29 is 23.7 Å². The van der Waals surface area contributed by atoms with Gasteiger partial charge in [0.15, 0.2) is 0 Å². The molecule has 1 atom stereocenters. The highest BCUT2D eigenvalue weighted by Gasteiger charge is 2.37. The summed E-state index contributed by atoms with van der Waals surface area (Å²) in [5.41, 5.74) is 0.999. The molecule has 1 aliphatic heterocycles. The summed E-state index contributed by atoms with van der Waals surface area (Å²) in [5.74, 6) is -1.99. The summed E-state index contributed by atoms with van der Waals surface area (Å²) < 4.78 is 4.96. The first kappa shape index (κ1) is 19.0. The van der Waals surface area contributed by atoms with Crippen LogP contribution in [0, 0.1) is 10.1 Å². The molecule has 144 valence electrons. The quantitative estimate of drug-likeness (QED) is 0.365. The second-order valence-corrected chi connectivity index (χ2v) is 6.29. The van der Waals surface area contributed by atoms with Crippen LogP contribution in [-0.2, 0) is 9.59 Å². The Balaban J connectivity index is 1.93. The van der Waals surface area contributed by atoms with Gasteiger partial charge < -0.3 is 4.42 Å². The first-order valence-corrected chi connectivity index (χ1v) is 8.57. The molecule has 1 fully saturated rings. The van der Waals surface area contributed by atoms with Gasteiger partial charge in [0.05, 0.1) is 11.8 Å². The van der Waals surface area contributed by atoms with Crippen LogP contribution in [-0.4, -0.2) is 22.8 Å². The van der Waals surface area contributed by atoms with Crippen molar-refractivity contribution in [1.82, 2.24) is 5.32 Å². The summed E-state index contributed by atoms with van der Waals surface area (Å²) in [4.78, 5) is 47.9. The van der Waals surface area contributed by atoms with Crippen molar-refractivity contribution in [1.29, 1.82) is 0 Å². The summed E-state index contributed by atoms with van der Waals surface area (Å²) in [6, 6.07) is 8.39. The average Bonchev–Trinajstić information content (AvgIpc) is 3.14. The van der Waals surface area contributed by atoms with Gasteiger partial charge in [-0.15, -0.1) is 0 Å². The topological polar surface area (TPSA) is 123 Å². The molecule has 4 amide bonds. The average molecular weight is 383 g/mol. The third-order valence-corrected chi connectivity index (χ3v) is 4.51. The number of nitrogens with zero attached hydrogens (tertiary/aromatic N) is 2. The van der Waals surface area contributed by atoms with Gasteiger partial charge in [-0.2, -0.15) is 0 Å². The largest absolute Gasteiger partial charge is 0.433 e. The van der Waals surface area contributed by atoms with Crippen molar-refractivity contribution in [3.8, 4) is 0 Å². The van der Waals surface area contributed by atoms with Crippen molar-refractivity contribution in [2.45, 2.75) is 26.2 Å². The minimum absolute atomic E-state index is 0.0494. The molecule has 9 nitrogen and oxygen atoms in total. The lowest BCUT2D eigenvalue weighted by Gasteiger charge is -2.26. The number of benzene rings is 1. The van der Waals surface area contributed by atoms with Crippen LogP contribution in [0.15, 0.2) is 46.4 Å². The number of anilines is 1. The van der Waals surface area contributed by atoms with Crippen LogP contribution in [0.25, 0.3) is 6.08 Å². The summed E-state index contributed by atoms with van der Waals surface area (Å²) in [5, 5.41) is 12.8. The highest BCUT2D eigenvalue weighted by atomic mass is 16.6. The van der Waals surface area contributed by atoms with Gasteiger partial charge in [0.2, 0.25) is 0 Å². The Morgan fingerprint density at radius 2 is 1.86 bits per heavy atom. The number of furan rings is 1. The zero-order valence-corrected chi connectivity index (χ0v) is 15.2. The summed E-state index contributed by atoms with van der Waals surface area (Å²) in [7, 11) is 0. The zero-order valence-electron chi connectivity index (χ0n) is 15.2. The van der Waals surface area contributed by atoms with E-state index in [4.69, 9.17) is 4.42 Å². The van der Waals surface area contributed by atoms with E-state index < -0.39 is 28.7 Å². The van der Waals surface area contributed by atoms with Gasteiger partial charge in [0.25, 0.3) is 11.8 Å². The Bertz CT molecular complexity index is 989. The highest BCUT2D eigenvalue weighted by molar-refractivity contribution is 6.39. The summed E-state index contributed by atoms with van der Waals surface area (Å²) in [6.45, 7) is 4.12. The van der Waals surface area contributed by atoms with E-state index in [-0.39, 0.29) is 11.3 Å². The molecule has 0 radical (unpaired) electrons. The van der Waals surface area contributed by atoms with Gasteiger partial charge in [-0.3, -0.25) is 25.0 Å². The lowest BCUT2D eigenvalue weighted by atomic mass is 9.98. The number of hydrogen-bond acceptors (Lipinski definition) is 6. The number of nitrogens with one attached hydrogen (secondary N) is 1. The summed E-state index contributed by atoms with van der Waals surface area (Å²) >= 11 is 0. The monoisotopic (exact) mass is 383 g/mol. The lowest BCUT2D eigenvalue weighted by Crippen LogP contribution is -2.54. The number of imide groups is 2. The highest BCUT2D eigenvalue weighted by Crippen LogP contribution is 2.26. The predicted molar refractivity (Wildman–Crippen MR) is 99.5 cm³/mol. The van der Waals surface area contributed by atoms with Crippen LogP contribution < -0.4 is 10.2 Å². The first-order chi connectivity index (χ1) is 13.3. The molecule has 2 aromatic rings. The number of carbonyl (C=O) groups is 3. The maximum absolute atomic E-state index is 12.8. The van der Waals surface area contributed by atoms with Crippen molar-refractivity contribution in [3.63, 3.8) is 0 Å². The summed E-state index contributed by atoms with van der Waals surface area (Å²) in [6.07, 6.45) is 2.01. The molecule has 1 aliphatic rings. The Morgan fingerprint density at radius 3 is 2.43 bits per heavy atom. The van der Waals surface area contributed by atoms with Gasteiger partial charge in [-0.25, -0.2) is 9.69 Å². The molecule has 1 aromatic heterocycles. The van der Waals surface area contributed by atoms with E-state index in [2.05, 4.69) is 19.2 Å². The van der Waals surface area contributed by atoms with E-state index in [0.717, 1.165) is 29.0 Å². The normalized spacial score (nSPS) is 17.0. The van der Waals surface area contributed by atoms with Gasteiger partial charge >= 0.3 is 11.9 Å². The fourth-order valence-corrected chi connectivity index (χ4v) is 2.74. The fourth-order valence-electron chi connectivity index (χ4n) is 2.74. The number of nitro groups is 1. The molecule has 0 unspecified atom stereocenters. The molecule has 3 rings (SSSR count). The second kappa shape index (κ2) is 7.47. The SMILES string of the molecule is CC[C@H](C)c1ccc(N2C(=O)NC(=O)/C(=C\c3ccc([N+](=O)[O-])o3)C2=O)cc1. The minimum Gasteiger partial charge on any atom is -0.401 e. The first-order valence-electron chi connectivity index (χ1n) is 8.57. The number of rotatable bonds is 5. The van der Waals surface area contributed by atoms with Crippen LogP contribution in [0.3, 0.4) is 0 Å². The van der Waals surface area contributed by atoms with Crippen molar-refractivity contribution in [2.24, 2.45) is 0 Å². The van der Waals surface area contributed by atoms with Crippen LogP contribution >= 0.6 is 0 Å². The van der Waals surface area contributed by atoms with E-state index in [9.17, 15) is 24.5 Å². The molecule has 28 heavy (non-hydrogen) atoms. The van der Waals surface area contributed by atoms with Gasteiger partial charge in [-0.05, 0) is 42.2 Å². The number of amides is 4. The van der Waals surface area contributed by atoms with E-state index in [1.165, 1.54) is 6.07 Å². The standard InChI is InChI=1S/C19H17N3O6/c1-3-11(2)12-4-6-13(7-5-12)21-18(24)15(17(23)20-19(21)25)10-14-8-9-16(28-14)22(26)27/h4-11H,3H2,1-2H3,(H,20,23,25)/b15-10+/t11-/m0/s1. The fraction of sp³-hybridized carbons (Fsp3) is 0.211. The Hall–Kier alpha value is -3.75. The third kappa shape index (κ3) is 3.54. The number of barbiturate groups is 1. The van der Waals surface area contributed by atoms with Crippen molar-refractivity contribution in [2.75, 3.05) is 4.90 Å². The van der Waals surface area contributed by atoms with Crippen LogP contribution in [0.4, 0.5) is 16.4 Å². The van der Waals surface area contributed by atoms with E-state index in [0.29, 0.717) is 11.6 Å². The molecule has 0 bridgehead atoms. The number of hydrogen-bond donors (Lipinski definition) is 1. The smallest absolute Gasteiger partial charge is 0.401 e. The van der Waals surface area contributed by atoms with Crippen LogP contribution in [0.2, 0.25) is 0 Å². The van der Waals surface area contributed by atoms with Gasteiger partial charge in [0.1, 0.15) is 16.3 Å². The van der Waals surface area contributed by atoms with Crippen molar-refractivity contribution >= 4 is 35.5 Å². The Kier molecular flexibility index (Phi) is 5.08. The molecule has 1 saturated heterocycles. The number of urea groups is 1. The molecule has 2 heterocycles. The zero-order chi connectivity index (χ0) is 20.4. The van der Waals surface area contributed by atoms with Gasteiger partial charge in [-0.1, -0.05) is 26.0 Å². The Morgan fingerprint density at radius 1 is 1.18 bits per heavy atom. The lowest BCUT2D eigenvalue weighted by molar-refractivity contribution is -0.402. The number of carbonyl (C=O) groups excluding carboxylic acids is 3. The Labute approximate surface area is 159 Å². The predicted octanol–water partition coefficient (Wildman–Crippen LogP) is 3.37. The van der Waals surface area contributed by atoms with E-state index in [1.807, 2.05) is 12.1 Å². The van der Waals surface area contributed by atoms with E-state index >= 15 is 0 Å². The maximum atomic E-state index is 12.8. The minimum atomic E-state index is -0.901.